The van der Waals surface area contributed by atoms with Crippen molar-refractivity contribution >= 4 is 0 Å². The van der Waals surface area contributed by atoms with Crippen molar-refractivity contribution in [3.63, 3.8) is 0 Å². The Morgan fingerprint density at radius 3 is 3.06 bits per heavy atom. The molecule has 4 nitrogen and oxygen atoms in total. The van der Waals surface area contributed by atoms with Gasteiger partial charge in [-0.25, -0.2) is 0 Å². The monoisotopic (exact) mass is 223 g/mol. The van der Waals surface area contributed by atoms with Crippen LogP contribution in [0, 0.1) is 0 Å². The van der Waals surface area contributed by atoms with Crippen LogP contribution in [-0.2, 0) is 4.74 Å². The summed E-state index contributed by atoms with van der Waals surface area (Å²) < 4.78 is 10.9. The average Bonchev–Trinajstić information content (AvgIpc) is 2.39. The predicted molar refractivity (Wildman–Crippen MR) is 60.6 cm³/mol. The van der Waals surface area contributed by atoms with Crippen LogP contribution in [0.4, 0.5) is 0 Å². The number of morpholine rings is 1. The molecule has 1 aromatic carbocycles. The first kappa shape index (κ1) is 11.4. The van der Waals surface area contributed by atoms with Crippen LogP contribution in [-0.4, -0.2) is 38.0 Å². The SMILES string of the molecule is COc1cccc(C2CNC(CO)CO2)c1. The summed E-state index contributed by atoms with van der Waals surface area (Å²) in [5, 5.41) is 12.2. The summed E-state index contributed by atoms with van der Waals surface area (Å²) in [5.41, 5.74) is 1.10. The first-order valence-electron chi connectivity index (χ1n) is 5.43. The summed E-state index contributed by atoms with van der Waals surface area (Å²) in [6.07, 6.45) is 0.0397. The molecule has 2 unspecified atom stereocenters. The number of rotatable bonds is 3. The zero-order valence-electron chi connectivity index (χ0n) is 9.35. The van der Waals surface area contributed by atoms with Crippen molar-refractivity contribution < 1.29 is 14.6 Å². The van der Waals surface area contributed by atoms with Crippen LogP contribution in [0.5, 0.6) is 5.75 Å². The molecule has 0 spiro atoms. The van der Waals surface area contributed by atoms with Crippen LogP contribution >= 0.6 is 0 Å². The number of nitrogens with one attached hydrogen (secondary N) is 1. The molecule has 2 N–H and O–H groups in total. The third-order valence-corrected chi connectivity index (χ3v) is 2.78. The Balaban J connectivity index is 2.02. The summed E-state index contributed by atoms with van der Waals surface area (Å²) in [6, 6.07) is 7.92. The molecule has 2 rings (SSSR count). The molecule has 1 aliphatic rings. The second kappa shape index (κ2) is 5.30. The van der Waals surface area contributed by atoms with E-state index >= 15 is 0 Å². The van der Waals surface area contributed by atoms with Crippen LogP contribution in [0.1, 0.15) is 11.7 Å². The van der Waals surface area contributed by atoms with Crippen molar-refractivity contribution in [1.29, 1.82) is 0 Å². The molecule has 0 aromatic heterocycles. The van der Waals surface area contributed by atoms with E-state index < -0.39 is 0 Å². The highest BCUT2D eigenvalue weighted by Crippen LogP contribution is 2.23. The molecule has 1 saturated heterocycles. The fourth-order valence-corrected chi connectivity index (χ4v) is 1.80. The van der Waals surface area contributed by atoms with E-state index in [9.17, 15) is 0 Å². The van der Waals surface area contributed by atoms with Crippen molar-refractivity contribution in [3.05, 3.63) is 29.8 Å². The summed E-state index contributed by atoms with van der Waals surface area (Å²) in [4.78, 5) is 0. The molecule has 0 bridgehead atoms. The second-order valence-electron chi connectivity index (χ2n) is 3.89. The van der Waals surface area contributed by atoms with Gasteiger partial charge in [0.1, 0.15) is 5.75 Å². The number of benzene rings is 1. The lowest BCUT2D eigenvalue weighted by Crippen LogP contribution is -2.44. The molecule has 0 radical (unpaired) electrons. The van der Waals surface area contributed by atoms with Crippen molar-refractivity contribution in [2.45, 2.75) is 12.1 Å². The summed E-state index contributed by atoms with van der Waals surface area (Å²) >= 11 is 0. The molecule has 2 atom stereocenters. The Morgan fingerprint density at radius 2 is 2.44 bits per heavy atom. The normalized spacial score (nSPS) is 25.4. The number of hydrogen-bond acceptors (Lipinski definition) is 4. The van der Waals surface area contributed by atoms with E-state index in [2.05, 4.69) is 5.32 Å². The van der Waals surface area contributed by atoms with E-state index in [0.717, 1.165) is 17.9 Å². The standard InChI is InChI=1S/C12H17NO3/c1-15-11-4-2-3-9(5-11)12-6-13-10(7-14)8-16-12/h2-5,10,12-14H,6-8H2,1H3. The molecule has 1 aromatic rings. The molecular weight excluding hydrogens is 206 g/mol. The van der Waals surface area contributed by atoms with Crippen LogP contribution in [0.25, 0.3) is 0 Å². The zero-order valence-corrected chi connectivity index (χ0v) is 9.35. The molecule has 0 saturated carbocycles. The first-order valence-corrected chi connectivity index (χ1v) is 5.43. The van der Waals surface area contributed by atoms with Gasteiger partial charge in [-0.3, -0.25) is 0 Å². The van der Waals surface area contributed by atoms with Crippen LogP contribution in [0.2, 0.25) is 0 Å². The maximum absolute atomic E-state index is 8.97. The number of aliphatic hydroxyl groups is 1. The van der Waals surface area contributed by atoms with E-state index in [-0.39, 0.29) is 18.8 Å². The van der Waals surface area contributed by atoms with Gasteiger partial charge in [-0.05, 0) is 17.7 Å². The van der Waals surface area contributed by atoms with E-state index in [0.29, 0.717) is 6.61 Å². The van der Waals surface area contributed by atoms with Gasteiger partial charge < -0.3 is 19.9 Å². The highest BCUT2D eigenvalue weighted by atomic mass is 16.5. The van der Waals surface area contributed by atoms with Gasteiger partial charge in [0, 0.05) is 6.54 Å². The van der Waals surface area contributed by atoms with Gasteiger partial charge in [0.05, 0.1) is 32.5 Å². The molecule has 16 heavy (non-hydrogen) atoms. The minimum Gasteiger partial charge on any atom is -0.497 e. The van der Waals surface area contributed by atoms with E-state index in [4.69, 9.17) is 14.6 Å². The minimum absolute atomic E-state index is 0.0397. The molecule has 4 heteroatoms. The molecule has 88 valence electrons. The number of hydrogen-bond donors (Lipinski definition) is 2. The zero-order chi connectivity index (χ0) is 11.4. The maximum atomic E-state index is 8.97. The second-order valence-corrected chi connectivity index (χ2v) is 3.89. The summed E-state index contributed by atoms with van der Waals surface area (Å²) in [5.74, 6) is 0.838. The molecule has 0 amide bonds. The van der Waals surface area contributed by atoms with Gasteiger partial charge in [0.2, 0.25) is 0 Å². The van der Waals surface area contributed by atoms with Gasteiger partial charge in [0.25, 0.3) is 0 Å². The minimum atomic E-state index is 0.0397. The Hall–Kier alpha value is -1.10. The first-order chi connectivity index (χ1) is 7.83. The molecule has 1 fully saturated rings. The molecule has 1 aliphatic heterocycles. The highest BCUT2D eigenvalue weighted by Gasteiger charge is 2.21. The Bertz CT molecular complexity index is 335. The Labute approximate surface area is 95.2 Å². The van der Waals surface area contributed by atoms with Gasteiger partial charge in [-0.1, -0.05) is 12.1 Å². The predicted octanol–water partition coefficient (Wildman–Crippen LogP) is 0.717. The highest BCUT2D eigenvalue weighted by molar-refractivity contribution is 5.30. The summed E-state index contributed by atoms with van der Waals surface area (Å²) in [6.45, 7) is 1.38. The number of methoxy groups -OCH3 is 1. The van der Waals surface area contributed by atoms with Crippen molar-refractivity contribution in [2.75, 3.05) is 26.9 Å². The maximum Gasteiger partial charge on any atom is 0.119 e. The van der Waals surface area contributed by atoms with Crippen LogP contribution in [0.15, 0.2) is 24.3 Å². The van der Waals surface area contributed by atoms with E-state index in [1.165, 1.54) is 0 Å². The van der Waals surface area contributed by atoms with Crippen molar-refractivity contribution in [1.82, 2.24) is 5.32 Å². The fraction of sp³-hybridized carbons (Fsp3) is 0.500. The van der Waals surface area contributed by atoms with E-state index in [1.807, 2.05) is 24.3 Å². The Morgan fingerprint density at radius 1 is 1.56 bits per heavy atom. The molecule has 1 heterocycles. The summed E-state index contributed by atoms with van der Waals surface area (Å²) in [7, 11) is 1.65. The lowest BCUT2D eigenvalue weighted by molar-refractivity contribution is -0.00960. The number of aliphatic hydroxyl groups excluding tert-OH is 1. The van der Waals surface area contributed by atoms with Gasteiger partial charge in [-0.2, -0.15) is 0 Å². The molecular formula is C12H17NO3. The van der Waals surface area contributed by atoms with Crippen LogP contribution in [0.3, 0.4) is 0 Å². The largest absolute Gasteiger partial charge is 0.497 e. The van der Waals surface area contributed by atoms with Gasteiger partial charge in [0.15, 0.2) is 0 Å². The fourth-order valence-electron chi connectivity index (χ4n) is 1.80. The van der Waals surface area contributed by atoms with Crippen LogP contribution < -0.4 is 10.1 Å². The van der Waals surface area contributed by atoms with Crippen molar-refractivity contribution in [3.8, 4) is 5.75 Å². The van der Waals surface area contributed by atoms with Gasteiger partial charge in [-0.15, -0.1) is 0 Å². The average molecular weight is 223 g/mol. The van der Waals surface area contributed by atoms with E-state index in [1.54, 1.807) is 7.11 Å². The lowest BCUT2D eigenvalue weighted by Gasteiger charge is -2.29. The Kier molecular flexibility index (Phi) is 3.77. The topological polar surface area (TPSA) is 50.7 Å². The third kappa shape index (κ3) is 2.52. The van der Waals surface area contributed by atoms with Gasteiger partial charge >= 0.3 is 0 Å². The molecule has 0 aliphatic carbocycles. The number of ether oxygens (including phenoxy) is 2. The quantitative estimate of drug-likeness (QED) is 0.792. The smallest absolute Gasteiger partial charge is 0.119 e. The third-order valence-electron chi connectivity index (χ3n) is 2.78. The lowest BCUT2D eigenvalue weighted by atomic mass is 10.1. The van der Waals surface area contributed by atoms with Crippen molar-refractivity contribution in [2.24, 2.45) is 0 Å².